The Balaban J connectivity index is 3.33. The molecule has 2 atom stereocenters. The SMILES string of the molecule is CC/C=C\C/C=C\C/C=C\C/C=C\CCCCCCCCCCCCCCCCCCCCCCCCCCC(=O)NC(CO)C(O)/C=C/CCCCC. The van der Waals surface area contributed by atoms with Crippen molar-refractivity contribution in [1.82, 2.24) is 5.32 Å². The van der Waals surface area contributed by atoms with Gasteiger partial charge in [0.05, 0.1) is 18.8 Å². The van der Waals surface area contributed by atoms with Crippen molar-refractivity contribution < 1.29 is 15.0 Å². The number of amides is 1. The Bertz CT molecular complexity index is 904. The van der Waals surface area contributed by atoms with Gasteiger partial charge in [-0.25, -0.2) is 0 Å². The summed E-state index contributed by atoms with van der Waals surface area (Å²) in [6.07, 6.45) is 64.0. The quantitative estimate of drug-likeness (QED) is 0.0429. The molecule has 3 N–H and O–H groups in total. The molecule has 1 amide bonds. The maximum atomic E-state index is 12.3. The lowest BCUT2D eigenvalue weighted by atomic mass is 10.0. The first-order chi connectivity index (χ1) is 26.7. The first-order valence-corrected chi connectivity index (χ1v) is 23.5. The molecule has 0 fully saturated rings. The van der Waals surface area contributed by atoms with Gasteiger partial charge in [-0.2, -0.15) is 0 Å². The van der Waals surface area contributed by atoms with Crippen molar-refractivity contribution >= 4 is 5.91 Å². The summed E-state index contributed by atoms with van der Waals surface area (Å²) in [7, 11) is 0. The van der Waals surface area contributed by atoms with E-state index < -0.39 is 12.1 Å². The van der Waals surface area contributed by atoms with Gasteiger partial charge in [0.25, 0.3) is 0 Å². The number of hydrogen-bond acceptors (Lipinski definition) is 3. The molecule has 0 aromatic heterocycles. The number of aliphatic hydroxyl groups is 2. The number of unbranched alkanes of at least 4 members (excludes halogenated alkanes) is 27. The zero-order valence-corrected chi connectivity index (χ0v) is 36.0. The fourth-order valence-electron chi connectivity index (χ4n) is 6.93. The van der Waals surface area contributed by atoms with Crippen LogP contribution in [-0.2, 0) is 4.79 Å². The van der Waals surface area contributed by atoms with Gasteiger partial charge in [-0.1, -0.05) is 229 Å². The summed E-state index contributed by atoms with van der Waals surface area (Å²) < 4.78 is 0. The minimum Gasteiger partial charge on any atom is -0.394 e. The van der Waals surface area contributed by atoms with Crippen molar-refractivity contribution in [3.05, 3.63) is 60.8 Å². The van der Waals surface area contributed by atoms with Gasteiger partial charge in [-0.15, -0.1) is 0 Å². The molecular weight excluding hydrogens is 663 g/mol. The lowest BCUT2D eigenvalue weighted by Crippen LogP contribution is -2.45. The molecule has 0 aliphatic rings. The number of aliphatic hydroxyl groups excluding tert-OH is 2. The summed E-state index contributed by atoms with van der Waals surface area (Å²) in [6.45, 7) is 4.10. The predicted molar refractivity (Wildman–Crippen MR) is 239 cm³/mol. The normalized spacial score (nSPS) is 13.5. The molecule has 0 aliphatic heterocycles. The molecule has 0 aromatic rings. The van der Waals surface area contributed by atoms with Crippen molar-refractivity contribution in [2.75, 3.05) is 6.61 Å². The molecule has 314 valence electrons. The van der Waals surface area contributed by atoms with Gasteiger partial charge < -0.3 is 15.5 Å². The van der Waals surface area contributed by atoms with Crippen LogP contribution in [0.3, 0.4) is 0 Å². The van der Waals surface area contributed by atoms with E-state index in [2.05, 4.69) is 67.8 Å². The highest BCUT2D eigenvalue weighted by molar-refractivity contribution is 5.76. The second kappa shape index (κ2) is 45.5. The van der Waals surface area contributed by atoms with Crippen molar-refractivity contribution in [1.29, 1.82) is 0 Å². The third-order valence-electron chi connectivity index (χ3n) is 10.5. The van der Waals surface area contributed by atoms with Crippen LogP contribution in [0.2, 0.25) is 0 Å². The molecule has 4 nitrogen and oxygen atoms in total. The van der Waals surface area contributed by atoms with Crippen LogP contribution in [0.4, 0.5) is 0 Å². The lowest BCUT2D eigenvalue weighted by molar-refractivity contribution is -0.123. The number of rotatable bonds is 42. The van der Waals surface area contributed by atoms with Crippen LogP contribution in [0.1, 0.15) is 232 Å². The second-order valence-electron chi connectivity index (χ2n) is 15.8. The van der Waals surface area contributed by atoms with Gasteiger partial charge in [0, 0.05) is 6.42 Å². The number of carbonyl (C=O) groups excluding carboxylic acids is 1. The third-order valence-corrected chi connectivity index (χ3v) is 10.5. The second-order valence-corrected chi connectivity index (χ2v) is 15.8. The molecule has 0 saturated carbocycles. The summed E-state index contributed by atoms with van der Waals surface area (Å²) in [4.78, 5) is 12.3. The average Bonchev–Trinajstić information content (AvgIpc) is 3.18. The monoisotopic (exact) mass is 754 g/mol. The van der Waals surface area contributed by atoms with Gasteiger partial charge >= 0.3 is 0 Å². The van der Waals surface area contributed by atoms with Crippen molar-refractivity contribution in [3.63, 3.8) is 0 Å². The minimum absolute atomic E-state index is 0.0697. The highest BCUT2D eigenvalue weighted by Gasteiger charge is 2.17. The molecule has 0 heterocycles. The van der Waals surface area contributed by atoms with Crippen LogP contribution in [0.5, 0.6) is 0 Å². The van der Waals surface area contributed by atoms with Gasteiger partial charge in [-0.3, -0.25) is 4.79 Å². The summed E-state index contributed by atoms with van der Waals surface area (Å²) in [5.41, 5.74) is 0. The van der Waals surface area contributed by atoms with E-state index in [4.69, 9.17) is 0 Å². The maximum Gasteiger partial charge on any atom is 0.220 e. The van der Waals surface area contributed by atoms with Crippen molar-refractivity contribution in [3.8, 4) is 0 Å². The molecule has 2 unspecified atom stereocenters. The number of nitrogens with one attached hydrogen (secondary N) is 1. The molecule has 4 heteroatoms. The van der Waals surface area contributed by atoms with Gasteiger partial charge in [-0.05, 0) is 57.8 Å². The van der Waals surface area contributed by atoms with E-state index in [0.717, 1.165) is 51.4 Å². The topological polar surface area (TPSA) is 69.6 Å². The van der Waals surface area contributed by atoms with Crippen molar-refractivity contribution in [2.45, 2.75) is 244 Å². The van der Waals surface area contributed by atoms with Gasteiger partial charge in [0.2, 0.25) is 5.91 Å². The molecule has 0 saturated heterocycles. The highest BCUT2D eigenvalue weighted by atomic mass is 16.3. The Morgan fingerprint density at radius 3 is 1.22 bits per heavy atom. The lowest BCUT2D eigenvalue weighted by Gasteiger charge is -2.20. The molecule has 54 heavy (non-hydrogen) atoms. The summed E-state index contributed by atoms with van der Waals surface area (Å²) >= 11 is 0. The Hall–Kier alpha value is -1.91. The minimum atomic E-state index is -0.833. The molecular formula is C50H91NO3. The standard InChI is InChI=1S/C50H91NO3/c1-3-5-7-9-10-11-12-13-14-15-16-17-18-19-20-21-22-23-24-25-26-27-28-29-30-31-32-33-34-35-36-37-38-39-40-42-44-46-50(54)51-48(47-52)49(53)45-43-41-8-6-4-2/h5,7,10-11,13-14,16-17,43,45,48-49,52-53H,3-4,6,8-9,12,15,18-42,44,46-47H2,1-2H3,(H,51,54)/b7-5-,11-10-,14-13-,17-16-,45-43+. The van der Waals surface area contributed by atoms with Crippen LogP contribution >= 0.6 is 0 Å². The van der Waals surface area contributed by atoms with E-state index in [1.54, 1.807) is 6.08 Å². The van der Waals surface area contributed by atoms with E-state index in [1.807, 2.05) is 6.08 Å². The molecule has 0 bridgehead atoms. The summed E-state index contributed by atoms with van der Waals surface area (Å²) in [5, 5.41) is 22.6. The van der Waals surface area contributed by atoms with E-state index in [1.165, 1.54) is 161 Å². The molecule has 0 spiro atoms. The number of hydrogen-bond donors (Lipinski definition) is 3. The Morgan fingerprint density at radius 1 is 0.463 bits per heavy atom. The van der Waals surface area contributed by atoms with Crippen LogP contribution in [0, 0.1) is 0 Å². The Labute approximate surface area is 336 Å². The maximum absolute atomic E-state index is 12.3. The Kier molecular flexibility index (Phi) is 43.9. The first-order valence-electron chi connectivity index (χ1n) is 23.5. The highest BCUT2D eigenvalue weighted by Crippen LogP contribution is 2.16. The molecule has 0 rings (SSSR count). The van der Waals surface area contributed by atoms with E-state index in [0.29, 0.717) is 6.42 Å². The van der Waals surface area contributed by atoms with E-state index in [-0.39, 0.29) is 12.5 Å². The molecule has 0 aromatic carbocycles. The zero-order valence-electron chi connectivity index (χ0n) is 36.0. The van der Waals surface area contributed by atoms with E-state index in [9.17, 15) is 15.0 Å². The smallest absolute Gasteiger partial charge is 0.220 e. The van der Waals surface area contributed by atoms with Gasteiger partial charge in [0.15, 0.2) is 0 Å². The van der Waals surface area contributed by atoms with Crippen LogP contribution < -0.4 is 5.32 Å². The number of carbonyl (C=O) groups is 1. The third kappa shape index (κ3) is 41.3. The van der Waals surface area contributed by atoms with Crippen LogP contribution in [0.25, 0.3) is 0 Å². The van der Waals surface area contributed by atoms with Crippen LogP contribution in [0.15, 0.2) is 60.8 Å². The predicted octanol–water partition coefficient (Wildman–Crippen LogP) is 14.9. The summed E-state index contributed by atoms with van der Waals surface area (Å²) in [6, 6.07) is -0.617. The van der Waals surface area contributed by atoms with Gasteiger partial charge in [0.1, 0.15) is 0 Å². The van der Waals surface area contributed by atoms with Crippen LogP contribution in [-0.4, -0.2) is 34.9 Å². The Morgan fingerprint density at radius 2 is 0.815 bits per heavy atom. The summed E-state index contributed by atoms with van der Waals surface area (Å²) in [5.74, 6) is -0.0697. The van der Waals surface area contributed by atoms with Crippen molar-refractivity contribution in [2.24, 2.45) is 0 Å². The fourth-order valence-corrected chi connectivity index (χ4v) is 6.93. The van der Waals surface area contributed by atoms with E-state index >= 15 is 0 Å². The molecule has 0 aliphatic carbocycles. The average molecular weight is 754 g/mol. The fraction of sp³-hybridized carbons (Fsp3) is 0.780. The largest absolute Gasteiger partial charge is 0.394 e. The zero-order chi connectivity index (χ0) is 39.3. The number of allylic oxidation sites excluding steroid dienone is 9. The molecule has 0 radical (unpaired) electrons. The first kappa shape index (κ1) is 52.1.